The number of aryl methyl sites for hydroxylation is 4. The predicted octanol–water partition coefficient (Wildman–Crippen LogP) is 3.09. The Labute approximate surface area is 104 Å². The fourth-order valence-corrected chi connectivity index (χ4v) is 3.28. The Kier molecular flexibility index (Phi) is 2.37. The van der Waals surface area contributed by atoms with E-state index in [9.17, 15) is 4.79 Å². The summed E-state index contributed by atoms with van der Waals surface area (Å²) in [5.74, 6) is 0.0943. The quantitative estimate of drug-likeness (QED) is 0.711. The molecule has 0 unspecified atom stereocenters. The molecule has 1 aromatic heterocycles. The summed E-state index contributed by atoms with van der Waals surface area (Å²) in [6.45, 7) is 4.02. The molecule has 86 valence electrons. The highest BCUT2D eigenvalue weighted by atomic mass is 32.1. The highest BCUT2D eigenvalue weighted by Gasteiger charge is 2.24. The van der Waals surface area contributed by atoms with E-state index in [2.05, 4.69) is 18.0 Å². The van der Waals surface area contributed by atoms with E-state index in [0.717, 1.165) is 33.9 Å². The zero-order valence-electron chi connectivity index (χ0n) is 9.91. The molecule has 0 bridgehead atoms. The molecule has 0 saturated carbocycles. The molecule has 1 aliphatic rings. The van der Waals surface area contributed by atoms with Crippen LogP contribution in [0.1, 0.15) is 37.1 Å². The van der Waals surface area contributed by atoms with Gasteiger partial charge in [0.05, 0.1) is 5.01 Å². The van der Waals surface area contributed by atoms with Crippen LogP contribution in [-0.4, -0.2) is 10.8 Å². The minimum Gasteiger partial charge on any atom is -0.287 e. The first-order valence-corrected chi connectivity index (χ1v) is 6.57. The molecule has 0 atom stereocenters. The number of hydrogen-bond donors (Lipinski definition) is 0. The van der Waals surface area contributed by atoms with Crippen LogP contribution in [0.5, 0.6) is 0 Å². The van der Waals surface area contributed by atoms with Gasteiger partial charge >= 0.3 is 0 Å². The lowest BCUT2D eigenvalue weighted by molar-refractivity contribution is 0.103. The number of carbonyl (C=O) groups excluding carboxylic acids is 1. The molecule has 0 radical (unpaired) electrons. The van der Waals surface area contributed by atoms with Crippen molar-refractivity contribution in [2.24, 2.45) is 0 Å². The Morgan fingerprint density at radius 1 is 1.24 bits per heavy atom. The lowest BCUT2D eigenvalue weighted by atomic mass is 9.99. The van der Waals surface area contributed by atoms with Gasteiger partial charge in [-0.1, -0.05) is 23.8 Å². The average molecular weight is 243 g/mol. The normalized spacial score (nSPS) is 14.1. The number of aromatic nitrogens is 1. The molecular weight excluding hydrogens is 230 g/mol. The second-order valence-corrected chi connectivity index (χ2v) is 5.78. The molecule has 0 fully saturated rings. The number of rotatable bonds is 0. The Hall–Kier alpha value is -1.48. The number of carbonyl (C=O) groups is 1. The van der Waals surface area contributed by atoms with Crippen LogP contribution in [0.2, 0.25) is 0 Å². The number of ketones is 1. The number of hydrogen-bond acceptors (Lipinski definition) is 3. The zero-order chi connectivity index (χ0) is 12.0. The molecule has 1 aromatic carbocycles. The third-order valence-electron chi connectivity index (χ3n) is 3.15. The summed E-state index contributed by atoms with van der Waals surface area (Å²) in [5, 5.41) is 0.985. The van der Waals surface area contributed by atoms with E-state index in [-0.39, 0.29) is 5.78 Å². The molecule has 17 heavy (non-hydrogen) atoms. The number of fused-ring (bicyclic) bond motifs is 2. The first-order chi connectivity index (χ1) is 8.15. The van der Waals surface area contributed by atoms with Crippen molar-refractivity contribution in [3.63, 3.8) is 0 Å². The second kappa shape index (κ2) is 3.77. The van der Waals surface area contributed by atoms with Gasteiger partial charge in [0.25, 0.3) is 0 Å². The Bertz CT molecular complexity index is 613. The fraction of sp³-hybridized carbons (Fsp3) is 0.286. The third-order valence-corrected chi connectivity index (χ3v) is 4.18. The lowest BCUT2D eigenvalue weighted by Crippen LogP contribution is -2.04. The van der Waals surface area contributed by atoms with Crippen molar-refractivity contribution < 1.29 is 4.79 Å². The highest BCUT2D eigenvalue weighted by Crippen LogP contribution is 2.28. The van der Waals surface area contributed by atoms with Crippen molar-refractivity contribution in [2.45, 2.75) is 26.7 Å². The van der Waals surface area contributed by atoms with E-state index in [1.54, 1.807) is 11.3 Å². The summed E-state index contributed by atoms with van der Waals surface area (Å²) in [5.41, 5.74) is 3.89. The van der Waals surface area contributed by atoms with E-state index in [1.807, 2.05) is 19.1 Å². The van der Waals surface area contributed by atoms with Crippen LogP contribution >= 0.6 is 11.3 Å². The molecule has 2 aromatic rings. The zero-order valence-corrected chi connectivity index (χ0v) is 10.7. The Morgan fingerprint density at radius 2 is 2.06 bits per heavy atom. The molecule has 1 aliphatic carbocycles. The van der Waals surface area contributed by atoms with Gasteiger partial charge < -0.3 is 0 Å². The third kappa shape index (κ3) is 1.71. The summed E-state index contributed by atoms with van der Waals surface area (Å²) >= 11 is 1.65. The molecule has 0 N–H and O–H groups in total. The molecule has 3 rings (SSSR count). The van der Waals surface area contributed by atoms with Gasteiger partial charge in [-0.05, 0) is 32.3 Å². The van der Waals surface area contributed by atoms with Crippen LogP contribution in [0.25, 0.3) is 0 Å². The van der Waals surface area contributed by atoms with Crippen molar-refractivity contribution in [1.82, 2.24) is 4.98 Å². The smallest absolute Gasteiger partial charge is 0.212 e. The van der Waals surface area contributed by atoms with Crippen molar-refractivity contribution in [2.75, 3.05) is 0 Å². The Morgan fingerprint density at radius 3 is 2.88 bits per heavy atom. The predicted molar refractivity (Wildman–Crippen MR) is 68.9 cm³/mol. The minimum absolute atomic E-state index is 0.0943. The number of benzene rings is 1. The van der Waals surface area contributed by atoms with Crippen LogP contribution < -0.4 is 0 Å². The lowest BCUT2D eigenvalue weighted by Gasteiger charge is -2.04. The van der Waals surface area contributed by atoms with Gasteiger partial charge in [0, 0.05) is 10.4 Å². The van der Waals surface area contributed by atoms with Crippen LogP contribution in [0.3, 0.4) is 0 Å². The molecule has 3 heteroatoms. The maximum atomic E-state index is 12.4. The summed E-state index contributed by atoms with van der Waals surface area (Å²) in [6.07, 6.45) is 1.88. The van der Waals surface area contributed by atoms with Gasteiger partial charge in [-0.25, -0.2) is 4.98 Å². The van der Waals surface area contributed by atoms with Gasteiger partial charge in [-0.2, -0.15) is 0 Å². The summed E-state index contributed by atoms with van der Waals surface area (Å²) in [6, 6.07) is 6.06. The monoisotopic (exact) mass is 243 g/mol. The maximum absolute atomic E-state index is 12.4. The number of thiazole rings is 1. The summed E-state index contributed by atoms with van der Waals surface area (Å²) < 4.78 is 0. The first kappa shape index (κ1) is 10.7. The second-order valence-electron chi connectivity index (χ2n) is 4.49. The van der Waals surface area contributed by atoms with Crippen LogP contribution in [0.15, 0.2) is 18.2 Å². The Balaban J connectivity index is 2.19. The maximum Gasteiger partial charge on any atom is 0.212 e. The summed E-state index contributed by atoms with van der Waals surface area (Å²) in [7, 11) is 0. The van der Waals surface area contributed by atoms with Crippen LogP contribution in [-0.2, 0) is 12.8 Å². The molecule has 1 heterocycles. The molecular formula is C14H13NOS. The molecule has 0 saturated heterocycles. The molecule has 2 nitrogen and oxygen atoms in total. The van der Waals surface area contributed by atoms with E-state index < -0.39 is 0 Å². The summed E-state index contributed by atoms with van der Waals surface area (Å²) in [4.78, 5) is 17.9. The SMILES string of the molecule is Cc1ccc2c(c1)CCc1sc(C)nc1C2=O. The van der Waals surface area contributed by atoms with Gasteiger partial charge in [-0.3, -0.25) is 4.79 Å². The number of nitrogens with zero attached hydrogens (tertiary/aromatic N) is 1. The molecule has 0 aliphatic heterocycles. The van der Waals surface area contributed by atoms with Crippen molar-refractivity contribution in [1.29, 1.82) is 0 Å². The van der Waals surface area contributed by atoms with E-state index in [0.29, 0.717) is 5.69 Å². The van der Waals surface area contributed by atoms with E-state index in [1.165, 1.54) is 5.56 Å². The minimum atomic E-state index is 0.0943. The topological polar surface area (TPSA) is 30.0 Å². The van der Waals surface area contributed by atoms with Gasteiger partial charge in [0.1, 0.15) is 5.69 Å². The fourth-order valence-electron chi connectivity index (χ4n) is 2.34. The van der Waals surface area contributed by atoms with Crippen LogP contribution in [0.4, 0.5) is 0 Å². The van der Waals surface area contributed by atoms with Gasteiger partial charge in [-0.15, -0.1) is 11.3 Å². The van der Waals surface area contributed by atoms with Crippen molar-refractivity contribution >= 4 is 17.1 Å². The average Bonchev–Trinajstić information content (AvgIpc) is 2.62. The molecule has 0 spiro atoms. The largest absolute Gasteiger partial charge is 0.287 e. The van der Waals surface area contributed by atoms with Crippen molar-refractivity contribution in [3.05, 3.63) is 50.5 Å². The van der Waals surface area contributed by atoms with E-state index in [4.69, 9.17) is 0 Å². The van der Waals surface area contributed by atoms with Crippen molar-refractivity contribution in [3.8, 4) is 0 Å². The standard InChI is InChI=1S/C14H13NOS/c1-8-3-5-11-10(7-8)4-6-12-13(14(11)16)15-9(2)17-12/h3,5,7H,4,6H2,1-2H3. The molecule has 0 amide bonds. The van der Waals surface area contributed by atoms with Crippen LogP contribution in [0, 0.1) is 13.8 Å². The first-order valence-electron chi connectivity index (χ1n) is 5.75. The van der Waals surface area contributed by atoms with E-state index >= 15 is 0 Å². The highest BCUT2D eigenvalue weighted by molar-refractivity contribution is 7.11. The van der Waals surface area contributed by atoms with Gasteiger partial charge in [0.2, 0.25) is 5.78 Å². The van der Waals surface area contributed by atoms with Gasteiger partial charge in [0.15, 0.2) is 0 Å².